The van der Waals surface area contributed by atoms with Crippen LogP contribution in [-0.4, -0.2) is 0 Å². The Kier molecular flexibility index (Phi) is 5.18. The number of rotatable bonds is 2. The van der Waals surface area contributed by atoms with Crippen LogP contribution in [0.15, 0.2) is 54.7 Å². The van der Waals surface area contributed by atoms with E-state index >= 15 is 0 Å². The molecule has 1 aliphatic heterocycles. The minimum atomic E-state index is 0.133. The van der Waals surface area contributed by atoms with Crippen LogP contribution in [0.2, 0.25) is 0 Å². The number of hydrogen-bond donors (Lipinski definition) is 0. The van der Waals surface area contributed by atoms with Crippen LogP contribution in [0.25, 0.3) is 43.6 Å². The molecule has 1 aliphatic carbocycles. The minimum absolute atomic E-state index is 0.133. The molecule has 0 N–H and O–H groups in total. The Balaban J connectivity index is 1.58. The molecule has 0 bridgehead atoms. The molecular formula is C36H38NO+. The van der Waals surface area contributed by atoms with Gasteiger partial charge in [0.15, 0.2) is 6.20 Å². The molecule has 4 aromatic carbocycles. The summed E-state index contributed by atoms with van der Waals surface area (Å²) < 4.78 is 9.47. The standard InChI is InChI=1S/C36H38NO/c1-21-11-13-28-29(17-21)22(2)31-33-32-25(15-16-37(33)6)19-26-18-24(23-9-7-8-10-23)12-14-27(26)34(32)38-35(31)30(28)20-36(3,4)5/h11-19,23H,7-10,20H2,1-6H3/q+1. The van der Waals surface area contributed by atoms with Gasteiger partial charge in [-0.1, -0.05) is 75.6 Å². The zero-order valence-electron chi connectivity index (χ0n) is 23.7. The average Bonchev–Trinajstić information content (AvgIpc) is 3.42. The normalized spacial score (nSPS) is 15.4. The fourth-order valence-electron chi connectivity index (χ4n) is 7.17. The summed E-state index contributed by atoms with van der Waals surface area (Å²) in [6, 6.07) is 18.7. The van der Waals surface area contributed by atoms with Crippen LogP contribution in [-0.2, 0) is 13.5 Å². The minimum Gasteiger partial charge on any atom is -0.455 e. The van der Waals surface area contributed by atoms with Crippen LogP contribution in [0.4, 0.5) is 0 Å². The van der Waals surface area contributed by atoms with Crippen molar-refractivity contribution in [2.45, 2.75) is 72.6 Å². The molecule has 1 fully saturated rings. The van der Waals surface area contributed by atoms with Crippen molar-refractivity contribution < 1.29 is 9.30 Å². The second-order valence-electron chi connectivity index (χ2n) is 13.1. The molecule has 2 nitrogen and oxygen atoms in total. The Morgan fingerprint density at radius 1 is 0.842 bits per heavy atom. The van der Waals surface area contributed by atoms with Crippen LogP contribution < -0.4 is 9.30 Å². The molecule has 2 heteroatoms. The van der Waals surface area contributed by atoms with Crippen molar-refractivity contribution in [1.82, 2.24) is 0 Å². The van der Waals surface area contributed by atoms with Crippen LogP contribution in [0.1, 0.15) is 74.6 Å². The van der Waals surface area contributed by atoms with Crippen molar-refractivity contribution in [3.8, 4) is 22.8 Å². The fourth-order valence-corrected chi connectivity index (χ4v) is 7.17. The van der Waals surface area contributed by atoms with Gasteiger partial charge < -0.3 is 4.74 Å². The predicted octanol–water partition coefficient (Wildman–Crippen LogP) is 9.61. The third-order valence-corrected chi connectivity index (χ3v) is 8.97. The molecule has 0 unspecified atom stereocenters. The average molecular weight is 501 g/mol. The van der Waals surface area contributed by atoms with Crippen molar-refractivity contribution in [3.63, 3.8) is 0 Å². The van der Waals surface area contributed by atoms with Crippen molar-refractivity contribution in [3.05, 3.63) is 77.0 Å². The van der Waals surface area contributed by atoms with E-state index in [0.717, 1.165) is 17.9 Å². The summed E-state index contributed by atoms with van der Waals surface area (Å²) in [6.07, 6.45) is 8.53. The smallest absolute Gasteiger partial charge is 0.228 e. The van der Waals surface area contributed by atoms with Gasteiger partial charge in [0.2, 0.25) is 5.69 Å². The summed E-state index contributed by atoms with van der Waals surface area (Å²) in [7, 11) is 2.18. The molecule has 0 spiro atoms. The van der Waals surface area contributed by atoms with E-state index in [9.17, 15) is 0 Å². The number of fused-ring (bicyclic) bond motifs is 5. The maximum atomic E-state index is 7.17. The highest BCUT2D eigenvalue weighted by Gasteiger charge is 2.35. The van der Waals surface area contributed by atoms with E-state index in [0.29, 0.717) is 5.92 Å². The van der Waals surface area contributed by atoms with E-state index in [1.807, 2.05) is 0 Å². The van der Waals surface area contributed by atoms with Gasteiger partial charge in [-0.25, -0.2) is 4.57 Å². The fraction of sp³-hybridized carbons (Fsp3) is 0.361. The number of pyridine rings is 1. The van der Waals surface area contributed by atoms with Gasteiger partial charge in [-0.05, 0) is 83.2 Å². The van der Waals surface area contributed by atoms with Crippen molar-refractivity contribution in [2.75, 3.05) is 0 Å². The van der Waals surface area contributed by atoms with Crippen molar-refractivity contribution >= 4 is 32.3 Å². The van der Waals surface area contributed by atoms with Gasteiger partial charge in [0.05, 0.1) is 10.9 Å². The first kappa shape index (κ1) is 23.7. The molecule has 192 valence electrons. The number of ether oxygens (including phenoxy) is 1. The molecule has 0 radical (unpaired) electrons. The third-order valence-electron chi connectivity index (χ3n) is 8.97. The molecule has 7 rings (SSSR count). The summed E-state index contributed by atoms with van der Waals surface area (Å²) in [5, 5.41) is 7.68. The number of hydrogen-bond acceptors (Lipinski definition) is 1. The number of aryl methyl sites for hydroxylation is 3. The van der Waals surface area contributed by atoms with Crippen LogP contribution in [0, 0.1) is 19.3 Å². The van der Waals surface area contributed by atoms with Crippen LogP contribution >= 0.6 is 0 Å². The first-order valence-corrected chi connectivity index (χ1v) is 14.3. The molecular weight excluding hydrogens is 462 g/mol. The van der Waals surface area contributed by atoms with Gasteiger partial charge in [0, 0.05) is 17.0 Å². The Hall–Kier alpha value is -3.39. The van der Waals surface area contributed by atoms with Gasteiger partial charge in [-0.2, -0.15) is 0 Å². The lowest BCUT2D eigenvalue weighted by atomic mass is 9.81. The highest BCUT2D eigenvalue weighted by atomic mass is 16.5. The van der Waals surface area contributed by atoms with Crippen LogP contribution in [0.5, 0.6) is 11.5 Å². The predicted molar refractivity (Wildman–Crippen MR) is 159 cm³/mol. The summed E-state index contributed by atoms with van der Waals surface area (Å²) in [6.45, 7) is 11.5. The summed E-state index contributed by atoms with van der Waals surface area (Å²) in [5.74, 6) is 2.78. The summed E-state index contributed by atoms with van der Waals surface area (Å²) in [4.78, 5) is 0. The molecule has 1 aromatic heterocycles. The van der Waals surface area contributed by atoms with E-state index in [4.69, 9.17) is 4.74 Å². The van der Waals surface area contributed by atoms with Crippen molar-refractivity contribution in [2.24, 2.45) is 12.5 Å². The largest absolute Gasteiger partial charge is 0.455 e. The van der Waals surface area contributed by atoms with E-state index < -0.39 is 0 Å². The Morgan fingerprint density at radius 2 is 1.61 bits per heavy atom. The first-order valence-electron chi connectivity index (χ1n) is 14.3. The highest BCUT2D eigenvalue weighted by Crippen LogP contribution is 2.53. The lowest BCUT2D eigenvalue weighted by Gasteiger charge is -2.28. The maximum absolute atomic E-state index is 7.17. The maximum Gasteiger partial charge on any atom is 0.228 e. The lowest BCUT2D eigenvalue weighted by molar-refractivity contribution is -0.659. The molecule has 5 aromatic rings. The second-order valence-corrected chi connectivity index (χ2v) is 13.1. The number of aromatic nitrogens is 1. The van der Waals surface area contributed by atoms with E-state index in [-0.39, 0.29) is 5.41 Å². The molecule has 0 amide bonds. The lowest BCUT2D eigenvalue weighted by Crippen LogP contribution is -2.32. The molecule has 38 heavy (non-hydrogen) atoms. The van der Waals surface area contributed by atoms with Crippen molar-refractivity contribution in [1.29, 1.82) is 0 Å². The quantitative estimate of drug-likeness (QED) is 0.170. The SMILES string of the molecule is Cc1ccc2c(CC(C)(C)C)c3c(c(C)c2c1)-c1c2c(c4ccc(C5CCCC5)cc4cc2cc[n+]1C)O3. The van der Waals surface area contributed by atoms with E-state index in [2.05, 4.69) is 101 Å². The third kappa shape index (κ3) is 3.56. The molecule has 2 heterocycles. The van der Waals surface area contributed by atoms with Gasteiger partial charge in [-0.3, -0.25) is 0 Å². The Labute approximate surface area is 226 Å². The zero-order chi connectivity index (χ0) is 26.3. The molecule has 1 saturated carbocycles. The number of nitrogens with zero attached hydrogens (tertiary/aromatic N) is 1. The summed E-state index contributed by atoms with van der Waals surface area (Å²) in [5.41, 5.74) is 8.09. The topological polar surface area (TPSA) is 13.1 Å². The van der Waals surface area contributed by atoms with E-state index in [1.165, 1.54) is 91.5 Å². The van der Waals surface area contributed by atoms with Crippen LogP contribution in [0.3, 0.4) is 0 Å². The van der Waals surface area contributed by atoms with Gasteiger partial charge in [-0.15, -0.1) is 0 Å². The van der Waals surface area contributed by atoms with Gasteiger partial charge >= 0.3 is 0 Å². The molecule has 0 saturated heterocycles. The molecule has 2 aliphatic rings. The Morgan fingerprint density at radius 3 is 2.37 bits per heavy atom. The Bertz CT molecular complexity index is 1780. The highest BCUT2D eigenvalue weighted by molar-refractivity contribution is 6.13. The second kappa shape index (κ2) is 8.30. The van der Waals surface area contributed by atoms with E-state index in [1.54, 1.807) is 0 Å². The number of benzene rings is 4. The molecule has 0 atom stereocenters. The summed E-state index contributed by atoms with van der Waals surface area (Å²) >= 11 is 0. The zero-order valence-corrected chi connectivity index (χ0v) is 23.7. The monoisotopic (exact) mass is 500 g/mol. The first-order chi connectivity index (χ1) is 18.2. The van der Waals surface area contributed by atoms with Gasteiger partial charge in [0.1, 0.15) is 18.5 Å². The van der Waals surface area contributed by atoms with Gasteiger partial charge in [0.25, 0.3) is 0 Å².